The predicted octanol–water partition coefficient (Wildman–Crippen LogP) is 3.02. The van der Waals surface area contributed by atoms with Gasteiger partial charge in [0.05, 0.1) is 12.0 Å². The topological polar surface area (TPSA) is 76.1 Å². The number of aryl methyl sites for hydroxylation is 1. The number of benzene rings is 1. The van der Waals surface area contributed by atoms with Crippen molar-refractivity contribution < 1.29 is 24.3 Å². The van der Waals surface area contributed by atoms with Gasteiger partial charge in [0, 0.05) is 13.0 Å². The smallest absolute Gasteiger partial charge is 0.308 e. The maximum absolute atomic E-state index is 11.7. The molecule has 0 aliphatic carbocycles. The Morgan fingerprint density at radius 3 is 2.76 bits per heavy atom. The zero-order valence-electron chi connectivity index (χ0n) is 14.7. The second kappa shape index (κ2) is 10.2. The minimum atomic E-state index is -0.916. The Labute approximate surface area is 148 Å². The second-order valence-corrected chi connectivity index (χ2v) is 6.43. The van der Waals surface area contributed by atoms with Crippen LogP contribution in [0.2, 0.25) is 0 Å². The zero-order valence-corrected chi connectivity index (χ0v) is 14.7. The Hall–Kier alpha value is -1.92. The first-order valence-electron chi connectivity index (χ1n) is 8.90. The van der Waals surface area contributed by atoms with E-state index in [1.54, 1.807) is 6.92 Å². The van der Waals surface area contributed by atoms with Crippen LogP contribution in [0.15, 0.2) is 30.3 Å². The van der Waals surface area contributed by atoms with E-state index >= 15 is 0 Å². The lowest BCUT2D eigenvalue weighted by molar-refractivity contribution is -0.288. The summed E-state index contributed by atoms with van der Waals surface area (Å²) in [4.78, 5) is 28.6. The first-order chi connectivity index (χ1) is 12.1. The normalized spacial score (nSPS) is 19.8. The fraction of sp³-hybridized carbons (Fsp3) is 0.579. The second-order valence-electron chi connectivity index (χ2n) is 6.43. The van der Waals surface area contributed by atoms with E-state index in [4.69, 9.17) is 9.57 Å². The summed E-state index contributed by atoms with van der Waals surface area (Å²) in [5.41, 5.74) is 1.18. The Morgan fingerprint density at radius 1 is 1.40 bits per heavy atom. The van der Waals surface area contributed by atoms with Gasteiger partial charge in [-0.25, -0.2) is 9.90 Å². The van der Waals surface area contributed by atoms with E-state index in [1.165, 1.54) is 5.56 Å². The van der Waals surface area contributed by atoms with Crippen molar-refractivity contribution in [3.05, 3.63) is 35.9 Å². The van der Waals surface area contributed by atoms with Crippen molar-refractivity contribution in [2.24, 2.45) is 5.92 Å². The molecule has 0 spiro atoms. The number of hydroxylamine groups is 2. The van der Waals surface area contributed by atoms with E-state index in [1.807, 2.05) is 30.3 Å². The molecule has 1 saturated heterocycles. The largest absolute Gasteiger partial charge is 0.481 e. The van der Waals surface area contributed by atoms with Gasteiger partial charge in [0.1, 0.15) is 0 Å². The molecule has 6 heteroatoms. The highest BCUT2D eigenvalue weighted by atomic mass is 16.8. The zero-order chi connectivity index (χ0) is 18.1. The third-order valence-electron chi connectivity index (χ3n) is 4.61. The van der Waals surface area contributed by atoms with Crippen LogP contribution in [-0.2, 0) is 25.6 Å². The fourth-order valence-electron chi connectivity index (χ4n) is 3.07. The molecule has 1 N–H and O–H groups in total. The highest BCUT2D eigenvalue weighted by molar-refractivity contribution is 5.71. The number of carbonyl (C=O) groups excluding carboxylic acids is 1. The number of carboxylic acids is 1. The maximum Gasteiger partial charge on any atom is 0.308 e. The van der Waals surface area contributed by atoms with Crippen LogP contribution in [0.4, 0.5) is 0 Å². The molecule has 3 unspecified atom stereocenters. The van der Waals surface area contributed by atoms with Gasteiger partial charge in [-0.15, -0.1) is 0 Å². The van der Waals surface area contributed by atoms with Gasteiger partial charge in [0.2, 0.25) is 6.41 Å². The number of hydrogen-bond acceptors (Lipinski definition) is 4. The van der Waals surface area contributed by atoms with Gasteiger partial charge in [-0.1, -0.05) is 30.3 Å². The van der Waals surface area contributed by atoms with Gasteiger partial charge < -0.3 is 9.84 Å². The molecule has 6 nitrogen and oxygen atoms in total. The molecule has 0 radical (unpaired) electrons. The van der Waals surface area contributed by atoms with Crippen LogP contribution in [0.5, 0.6) is 0 Å². The predicted molar refractivity (Wildman–Crippen MR) is 92.5 cm³/mol. The summed E-state index contributed by atoms with van der Waals surface area (Å²) < 4.78 is 5.47. The van der Waals surface area contributed by atoms with Crippen LogP contribution in [0.3, 0.4) is 0 Å². The lowest BCUT2D eigenvalue weighted by Crippen LogP contribution is -2.44. The lowest BCUT2D eigenvalue weighted by atomic mass is 9.93. The van der Waals surface area contributed by atoms with Crippen LogP contribution in [0.25, 0.3) is 0 Å². The van der Waals surface area contributed by atoms with E-state index in [0.29, 0.717) is 25.9 Å². The van der Waals surface area contributed by atoms with Crippen molar-refractivity contribution in [2.75, 3.05) is 6.61 Å². The molecule has 0 saturated carbocycles. The summed E-state index contributed by atoms with van der Waals surface area (Å²) in [6.45, 7) is 2.31. The number of aliphatic carboxylic acids is 1. The van der Waals surface area contributed by atoms with Crippen LogP contribution in [0, 0.1) is 5.92 Å². The van der Waals surface area contributed by atoms with Gasteiger partial charge in [0.15, 0.2) is 6.29 Å². The highest BCUT2D eigenvalue weighted by Gasteiger charge is 2.31. The summed E-state index contributed by atoms with van der Waals surface area (Å²) in [5.74, 6) is -1.60. The molecule has 1 aliphatic rings. The summed E-state index contributed by atoms with van der Waals surface area (Å²) >= 11 is 0. The minimum Gasteiger partial charge on any atom is -0.481 e. The molecule has 1 fully saturated rings. The van der Waals surface area contributed by atoms with Gasteiger partial charge in [-0.3, -0.25) is 9.59 Å². The van der Waals surface area contributed by atoms with Gasteiger partial charge in [0.25, 0.3) is 0 Å². The molecular formula is C19H27NO5. The van der Waals surface area contributed by atoms with Crippen molar-refractivity contribution in [2.45, 2.75) is 57.8 Å². The number of hydrogen-bond donors (Lipinski definition) is 1. The van der Waals surface area contributed by atoms with E-state index in [9.17, 15) is 14.7 Å². The molecule has 1 aromatic carbocycles. The number of nitrogens with zero attached hydrogens (tertiary/aromatic N) is 1. The molecule has 1 aromatic rings. The van der Waals surface area contributed by atoms with Crippen molar-refractivity contribution >= 4 is 12.4 Å². The summed E-state index contributed by atoms with van der Waals surface area (Å²) in [5, 5.41) is 10.7. The first-order valence-corrected chi connectivity index (χ1v) is 8.90. The lowest BCUT2D eigenvalue weighted by Gasteiger charge is -2.33. The molecule has 3 atom stereocenters. The maximum atomic E-state index is 11.7. The molecule has 25 heavy (non-hydrogen) atoms. The molecule has 1 amide bonds. The van der Waals surface area contributed by atoms with Gasteiger partial charge in [-0.05, 0) is 44.6 Å². The molecule has 138 valence electrons. The molecule has 0 bridgehead atoms. The SMILES string of the molecule is CC(C(CCCc1ccccc1)C(=O)O)N(C=O)OC1CCCCO1. The van der Waals surface area contributed by atoms with E-state index in [0.717, 1.165) is 30.7 Å². The van der Waals surface area contributed by atoms with Crippen LogP contribution in [0.1, 0.15) is 44.6 Å². The number of rotatable bonds is 10. The summed E-state index contributed by atoms with van der Waals surface area (Å²) in [6.07, 6.45) is 4.77. The van der Waals surface area contributed by atoms with Crippen molar-refractivity contribution in [1.82, 2.24) is 5.06 Å². The number of ether oxygens (including phenoxy) is 1. The molecule has 0 aromatic heterocycles. The van der Waals surface area contributed by atoms with Gasteiger partial charge >= 0.3 is 5.97 Å². The highest BCUT2D eigenvalue weighted by Crippen LogP contribution is 2.22. The molecule has 1 aliphatic heterocycles. The molecule has 1 heterocycles. The quantitative estimate of drug-likeness (QED) is 0.519. The number of carboxylic acid groups (broad SMARTS) is 1. The van der Waals surface area contributed by atoms with Crippen molar-refractivity contribution in [3.8, 4) is 0 Å². The summed E-state index contributed by atoms with van der Waals surface area (Å²) in [7, 11) is 0. The van der Waals surface area contributed by atoms with Crippen molar-refractivity contribution in [1.29, 1.82) is 0 Å². The van der Waals surface area contributed by atoms with Crippen molar-refractivity contribution in [3.63, 3.8) is 0 Å². The van der Waals surface area contributed by atoms with Gasteiger partial charge in [-0.2, -0.15) is 0 Å². The Balaban J connectivity index is 1.89. The monoisotopic (exact) mass is 349 g/mol. The molecular weight excluding hydrogens is 322 g/mol. The molecule has 2 rings (SSSR count). The minimum absolute atomic E-state index is 0.472. The number of carbonyl (C=O) groups is 2. The first kappa shape index (κ1) is 19.4. The van der Waals surface area contributed by atoms with E-state index in [-0.39, 0.29) is 0 Å². The average molecular weight is 349 g/mol. The third-order valence-corrected chi connectivity index (χ3v) is 4.61. The number of amides is 1. The standard InChI is InChI=1S/C19H27NO5/c1-15(20(14-21)25-18-12-5-6-13-24-18)17(19(22)23)11-7-10-16-8-3-2-4-9-16/h2-4,8-9,14-15,17-18H,5-7,10-13H2,1H3,(H,22,23). The third kappa shape index (κ3) is 6.14. The summed E-state index contributed by atoms with van der Waals surface area (Å²) in [6, 6.07) is 9.40. The Bertz CT molecular complexity index is 530. The average Bonchev–Trinajstić information content (AvgIpc) is 2.64. The van der Waals surface area contributed by atoms with Crippen LogP contribution in [-0.4, -0.2) is 41.5 Å². The van der Waals surface area contributed by atoms with E-state index in [2.05, 4.69) is 0 Å². The Morgan fingerprint density at radius 2 is 2.16 bits per heavy atom. The Kier molecular flexibility index (Phi) is 7.88. The van der Waals surface area contributed by atoms with Crippen LogP contribution >= 0.6 is 0 Å². The fourth-order valence-corrected chi connectivity index (χ4v) is 3.07. The van der Waals surface area contributed by atoms with E-state index < -0.39 is 24.2 Å². The van der Waals surface area contributed by atoms with Crippen LogP contribution < -0.4 is 0 Å².